The van der Waals surface area contributed by atoms with Gasteiger partial charge in [0.25, 0.3) is 0 Å². The van der Waals surface area contributed by atoms with Crippen molar-refractivity contribution in [3.05, 3.63) is 83.9 Å². The number of fused-ring (bicyclic) bond motifs is 1. The van der Waals surface area contributed by atoms with Crippen LogP contribution in [0.3, 0.4) is 0 Å². The first-order chi connectivity index (χ1) is 19.2. The van der Waals surface area contributed by atoms with E-state index in [4.69, 9.17) is 9.47 Å². The van der Waals surface area contributed by atoms with E-state index in [0.717, 1.165) is 0 Å². The first-order valence-corrected chi connectivity index (χ1v) is 12.9. The summed E-state index contributed by atoms with van der Waals surface area (Å²) in [5, 5.41) is 11.4. The Morgan fingerprint density at radius 1 is 1.00 bits per heavy atom. The predicted octanol–water partition coefficient (Wildman–Crippen LogP) is 4.31. The Bertz CT molecular complexity index is 1510. The number of carbonyl (C=O) groups excluding carboxylic acids is 3. The van der Waals surface area contributed by atoms with Crippen molar-refractivity contribution in [2.45, 2.75) is 45.3 Å². The minimum atomic E-state index is -1.06. The minimum absolute atomic E-state index is 0.176. The largest absolute Gasteiger partial charge is 0.497 e. The molecule has 1 aromatic heterocycles. The molecular formula is C30H33N5O5. The summed E-state index contributed by atoms with van der Waals surface area (Å²) in [6.07, 6.45) is 0.677. The van der Waals surface area contributed by atoms with Gasteiger partial charge in [0, 0.05) is 11.2 Å². The van der Waals surface area contributed by atoms with Gasteiger partial charge in [0.05, 0.1) is 25.3 Å². The Hall–Kier alpha value is -4.73. The fourth-order valence-electron chi connectivity index (χ4n) is 4.27. The van der Waals surface area contributed by atoms with E-state index in [0.29, 0.717) is 40.0 Å². The third-order valence-corrected chi connectivity index (χ3v) is 6.80. The molecule has 0 saturated carbocycles. The number of methoxy groups -OCH3 is 2. The van der Waals surface area contributed by atoms with E-state index >= 15 is 0 Å². The number of anilines is 1. The summed E-state index contributed by atoms with van der Waals surface area (Å²) in [4.78, 5) is 41.7. The topological polar surface area (TPSA) is 116 Å². The molecule has 1 N–H and O–H groups in total. The summed E-state index contributed by atoms with van der Waals surface area (Å²) in [7, 11) is 2.84. The molecule has 0 radical (unpaired) electrons. The number of nitrogens with zero attached hydrogens (tertiary/aromatic N) is 4. The first-order valence-electron chi connectivity index (χ1n) is 12.9. The highest BCUT2D eigenvalue weighted by Gasteiger charge is 2.35. The molecule has 4 rings (SSSR count). The van der Waals surface area contributed by atoms with Gasteiger partial charge in [0.15, 0.2) is 0 Å². The van der Waals surface area contributed by atoms with Crippen molar-refractivity contribution in [3.63, 3.8) is 0 Å². The van der Waals surface area contributed by atoms with Crippen LogP contribution >= 0.6 is 0 Å². The second kappa shape index (κ2) is 12.0. The van der Waals surface area contributed by atoms with Crippen LogP contribution < -0.4 is 15.0 Å². The van der Waals surface area contributed by atoms with Crippen molar-refractivity contribution in [2.75, 3.05) is 19.1 Å². The van der Waals surface area contributed by atoms with Gasteiger partial charge in [0.2, 0.25) is 11.8 Å². The van der Waals surface area contributed by atoms with Crippen LogP contribution in [0.5, 0.6) is 5.75 Å². The van der Waals surface area contributed by atoms with Crippen LogP contribution in [-0.2, 0) is 20.9 Å². The molecule has 10 nitrogen and oxygen atoms in total. The zero-order valence-electron chi connectivity index (χ0n) is 23.2. The summed E-state index contributed by atoms with van der Waals surface area (Å²) >= 11 is 0. The molecular weight excluding hydrogens is 510 g/mol. The molecule has 40 heavy (non-hydrogen) atoms. The van der Waals surface area contributed by atoms with Gasteiger partial charge in [-0.15, -0.1) is 5.10 Å². The summed E-state index contributed by atoms with van der Waals surface area (Å²) < 4.78 is 11.8. The van der Waals surface area contributed by atoms with Crippen molar-refractivity contribution in [1.29, 1.82) is 0 Å². The van der Waals surface area contributed by atoms with Gasteiger partial charge in [0.1, 0.15) is 23.9 Å². The maximum Gasteiger partial charge on any atom is 0.337 e. The van der Waals surface area contributed by atoms with Crippen LogP contribution in [-0.4, -0.2) is 52.5 Å². The standard InChI is InChI=1S/C30H33N5O5/c1-6-30(2,3)31-28(37)27(21-10-9-11-23(18-21)39-4)35(22-16-14-20(15-17-22)29(38)40-5)26(36)19-34-25-13-8-7-12-24(25)32-33-34/h7-18,27H,6,19H2,1-5H3,(H,31,37). The lowest BCUT2D eigenvalue weighted by molar-refractivity contribution is -0.128. The van der Waals surface area contributed by atoms with Crippen LogP contribution in [0.25, 0.3) is 11.0 Å². The second-order valence-electron chi connectivity index (χ2n) is 9.94. The molecule has 0 spiro atoms. The lowest BCUT2D eigenvalue weighted by Crippen LogP contribution is -2.51. The van der Waals surface area contributed by atoms with E-state index in [9.17, 15) is 14.4 Å². The van der Waals surface area contributed by atoms with Crippen LogP contribution in [0.15, 0.2) is 72.8 Å². The summed E-state index contributed by atoms with van der Waals surface area (Å²) in [5.41, 5.74) is 2.09. The summed E-state index contributed by atoms with van der Waals surface area (Å²) in [5.74, 6) is -0.737. The van der Waals surface area contributed by atoms with Crippen LogP contribution in [0.4, 0.5) is 5.69 Å². The number of hydrogen-bond acceptors (Lipinski definition) is 7. The Balaban J connectivity index is 1.85. The molecule has 4 aromatic rings. The van der Waals surface area contributed by atoms with Gasteiger partial charge < -0.3 is 14.8 Å². The number of benzene rings is 3. The fourth-order valence-corrected chi connectivity index (χ4v) is 4.27. The Morgan fingerprint density at radius 2 is 1.73 bits per heavy atom. The van der Waals surface area contributed by atoms with E-state index < -0.39 is 23.5 Å². The maximum absolute atomic E-state index is 14.2. The van der Waals surface area contributed by atoms with E-state index in [2.05, 4.69) is 15.6 Å². The highest BCUT2D eigenvalue weighted by atomic mass is 16.5. The number of aromatic nitrogens is 3. The Labute approximate surface area is 232 Å². The fraction of sp³-hybridized carbons (Fsp3) is 0.300. The average Bonchev–Trinajstić information content (AvgIpc) is 3.37. The molecule has 0 aliphatic heterocycles. The quantitative estimate of drug-likeness (QED) is 0.297. The smallest absolute Gasteiger partial charge is 0.337 e. The Kier molecular flexibility index (Phi) is 8.47. The van der Waals surface area contributed by atoms with Crippen molar-refractivity contribution in [3.8, 4) is 5.75 Å². The van der Waals surface area contributed by atoms with Gasteiger partial charge in [-0.1, -0.05) is 36.4 Å². The van der Waals surface area contributed by atoms with Gasteiger partial charge in [-0.3, -0.25) is 14.5 Å². The van der Waals surface area contributed by atoms with E-state index in [1.54, 1.807) is 55.6 Å². The van der Waals surface area contributed by atoms with E-state index in [-0.39, 0.29) is 12.5 Å². The molecule has 1 unspecified atom stereocenters. The average molecular weight is 544 g/mol. The van der Waals surface area contributed by atoms with E-state index in [1.807, 2.05) is 45.0 Å². The van der Waals surface area contributed by atoms with Gasteiger partial charge in [-0.2, -0.15) is 0 Å². The molecule has 0 aliphatic rings. The van der Waals surface area contributed by atoms with E-state index in [1.165, 1.54) is 16.7 Å². The van der Waals surface area contributed by atoms with Gasteiger partial charge >= 0.3 is 5.97 Å². The van der Waals surface area contributed by atoms with Crippen LogP contribution in [0.2, 0.25) is 0 Å². The monoisotopic (exact) mass is 543 g/mol. The predicted molar refractivity (Wildman–Crippen MR) is 151 cm³/mol. The zero-order valence-corrected chi connectivity index (χ0v) is 23.2. The number of amides is 2. The summed E-state index contributed by atoms with van der Waals surface area (Å²) in [6.45, 7) is 5.65. The summed E-state index contributed by atoms with van der Waals surface area (Å²) in [6, 6.07) is 19.7. The zero-order chi connectivity index (χ0) is 28.9. The number of nitrogens with one attached hydrogen (secondary N) is 1. The third-order valence-electron chi connectivity index (χ3n) is 6.80. The van der Waals surface area contributed by atoms with Crippen LogP contribution in [0, 0.1) is 0 Å². The lowest BCUT2D eigenvalue weighted by Gasteiger charge is -2.34. The molecule has 0 aliphatic carbocycles. The van der Waals surface area contributed by atoms with Crippen LogP contribution in [0.1, 0.15) is 49.2 Å². The van der Waals surface area contributed by atoms with Crippen molar-refractivity contribution < 1.29 is 23.9 Å². The highest BCUT2D eigenvalue weighted by molar-refractivity contribution is 6.02. The number of hydrogen-bond donors (Lipinski definition) is 1. The molecule has 0 saturated heterocycles. The Morgan fingerprint density at radius 3 is 2.40 bits per heavy atom. The maximum atomic E-state index is 14.2. The normalized spacial score (nSPS) is 12.0. The van der Waals surface area contributed by atoms with Crippen molar-refractivity contribution in [2.24, 2.45) is 0 Å². The number of ether oxygens (including phenoxy) is 2. The lowest BCUT2D eigenvalue weighted by atomic mass is 9.98. The minimum Gasteiger partial charge on any atom is -0.497 e. The first kappa shape index (κ1) is 28.3. The van der Waals surface area contributed by atoms with Crippen molar-refractivity contribution in [1.82, 2.24) is 20.3 Å². The molecule has 3 aromatic carbocycles. The molecule has 1 heterocycles. The number of rotatable bonds is 10. The number of carbonyl (C=O) groups is 3. The molecule has 0 fully saturated rings. The molecule has 0 bridgehead atoms. The number of para-hydroxylation sites is 1. The highest BCUT2D eigenvalue weighted by Crippen LogP contribution is 2.31. The van der Waals surface area contributed by atoms with Gasteiger partial charge in [-0.25, -0.2) is 9.48 Å². The van der Waals surface area contributed by atoms with Gasteiger partial charge in [-0.05, 0) is 74.4 Å². The second-order valence-corrected chi connectivity index (χ2v) is 9.94. The third kappa shape index (κ3) is 6.12. The molecule has 1 atom stereocenters. The number of esters is 1. The SMILES string of the molecule is CCC(C)(C)NC(=O)C(c1cccc(OC)c1)N(C(=O)Cn1nnc2ccccc21)c1ccc(C(=O)OC)cc1. The molecule has 208 valence electrons. The molecule has 10 heteroatoms. The molecule has 2 amide bonds. The van der Waals surface area contributed by atoms with Crippen molar-refractivity contribution >= 4 is 34.5 Å².